The first kappa shape index (κ1) is 11.3. The van der Waals surface area contributed by atoms with Crippen LogP contribution < -0.4 is 0 Å². The highest BCUT2D eigenvalue weighted by Gasteiger charge is 2.08. The van der Waals surface area contributed by atoms with E-state index in [0.717, 1.165) is 22.3 Å². The van der Waals surface area contributed by atoms with Gasteiger partial charge in [-0.15, -0.1) is 0 Å². The van der Waals surface area contributed by atoms with Crippen molar-refractivity contribution in [3.8, 4) is 11.1 Å². The predicted molar refractivity (Wildman–Crippen MR) is 69.1 cm³/mol. The van der Waals surface area contributed by atoms with Gasteiger partial charge in [0, 0.05) is 5.56 Å². The molecule has 0 aliphatic rings. The monoisotopic (exact) mass is 223 g/mol. The van der Waals surface area contributed by atoms with Crippen LogP contribution in [0.4, 0.5) is 5.69 Å². The van der Waals surface area contributed by atoms with Crippen molar-refractivity contribution < 1.29 is 4.79 Å². The molecule has 2 rings (SSSR count). The molecule has 0 aliphatic carbocycles. The van der Waals surface area contributed by atoms with Crippen molar-refractivity contribution in [3.05, 3.63) is 53.6 Å². The number of aryl methyl sites for hydroxylation is 2. The van der Waals surface area contributed by atoms with Gasteiger partial charge in [0.15, 0.2) is 0 Å². The van der Waals surface area contributed by atoms with Gasteiger partial charge in [0.2, 0.25) is 6.08 Å². The van der Waals surface area contributed by atoms with Crippen LogP contribution >= 0.6 is 0 Å². The van der Waals surface area contributed by atoms with Crippen LogP contribution in [0.5, 0.6) is 0 Å². The summed E-state index contributed by atoms with van der Waals surface area (Å²) in [5.41, 5.74) is 4.90. The van der Waals surface area contributed by atoms with Crippen molar-refractivity contribution in [1.82, 2.24) is 0 Å². The summed E-state index contributed by atoms with van der Waals surface area (Å²) in [6.07, 6.45) is 1.63. The normalized spacial score (nSPS) is 9.76. The number of benzene rings is 2. The minimum absolute atomic E-state index is 0.705. The average Bonchev–Trinajstić information content (AvgIpc) is 2.33. The van der Waals surface area contributed by atoms with Crippen molar-refractivity contribution in [1.29, 1.82) is 0 Å². The fraction of sp³-hybridized carbons (Fsp3) is 0.133. The highest BCUT2D eigenvalue weighted by molar-refractivity contribution is 5.80. The molecule has 0 radical (unpaired) electrons. The molecule has 2 aromatic carbocycles. The molecule has 17 heavy (non-hydrogen) atoms. The van der Waals surface area contributed by atoms with Crippen LogP contribution in [0.1, 0.15) is 11.1 Å². The van der Waals surface area contributed by atoms with Gasteiger partial charge in [-0.05, 0) is 31.0 Å². The topological polar surface area (TPSA) is 29.4 Å². The van der Waals surface area contributed by atoms with Gasteiger partial charge in [-0.3, -0.25) is 0 Å². The zero-order valence-electron chi connectivity index (χ0n) is 9.90. The van der Waals surface area contributed by atoms with Crippen LogP contribution in [0.15, 0.2) is 47.5 Å². The fourth-order valence-electron chi connectivity index (χ4n) is 1.99. The highest BCUT2D eigenvalue weighted by atomic mass is 16.1. The smallest absolute Gasteiger partial charge is 0.211 e. The van der Waals surface area contributed by atoms with Crippen LogP contribution in [0.2, 0.25) is 0 Å². The van der Waals surface area contributed by atoms with Gasteiger partial charge in [-0.1, -0.05) is 42.0 Å². The molecule has 0 bridgehead atoms. The van der Waals surface area contributed by atoms with Gasteiger partial charge in [-0.25, -0.2) is 4.79 Å². The fourth-order valence-corrected chi connectivity index (χ4v) is 1.99. The van der Waals surface area contributed by atoms with Crippen LogP contribution in [-0.2, 0) is 4.79 Å². The Bertz CT molecular complexity index is 581. The van der Waals surface area contributed by atoms with E-state index in [0.29, 0.717) is 5.69 Å². The molecule has 0 spiro atoms. The third-order valence-corrected chi connectivity index (χ3v) is 2.69. The van der Waals surface area contributed by atoms with E-state index >= 15 is 0 Å². The van der Waals surface area contributed by atoms with Crippen molar-refractivity contribution in [2.45, 2.75) is 13.8 Å². The minimum Gasteiger partial charge on any atom is -0.211 e. The van der Waals surface area contributed by atoms with Crippen LogP contribution in [0.25, 0.3) is 11.1 Å². The number of aliphatic imine (C=N–C) groups is 1. The Morgan fingerprint density at radius 3 is 2.41 bits per heavy atom. The lowest BCUT2D eigenvalue weighted by atomic mass is 9.98. The molecular weight excluding hydrogens is 210 g/mol. The zero-order valence-corrected chi connectivity index (χ0v) is 9.90. The number of hydrogen-bond donors (Lipinski definition) is 0. The second-order valence-electron chi connectivity index (χ2n) is 4.05. The lowest BCUT2D eigenvalue weighted by Crippen LogP contribution is -1.85. The molecular formula is C15H13NO. The molecule has 0 aromatic heterocycles. The summed E-state index contributed by atoms with van der Waals surface area (Å²) in [6, 6.07) is 14.0. The molecule has 2 nitrogen and oxygen atoms in total. The maximum atomic E-state index is 10.5. The van der Waals surface area contributed by atoms with Gasteiger partial charge >= 0.3 is 0 Å². The van der Waals surface area contributed by atoms with Crippen molar-refractivity contribution in [2.75, 3.05) is 0 Å². The van der Waals surface area contributed by atoms with Gasteiger partial charge in [0.1, 0.15) is 0 Å². The predicted octanol–water partition coefficient (Wildman–Crippen LogP) is 3.94. The molecule has 0 unspecified atom stereocenters. The summed E-state index contributed by atoms with van der Waals surface area (Å²) in [4.78, 5) is 14.3. The molecule has 0 N–H and O–H groups in total. The number of rotatable bonds is 2. The Labute approximate surface area is 101 Å². The summed E-state index contributed by atoms with van der Waals surface area (Å²) in [5, 5.41) is 0. The van der Waals surface area contributed by atoms with E-state index in [1.165, 1.54) is 0 Å². The van der Waals surface area contributed by atoms with E-state index in [1.54, 1.807) is 6.08 Å². The first-order valence-electron chi connectivity index (χ1n) is 5.47. The van der Waals surface area contributed by atoms with E-state index in [9.17, 15) is 4.79 Å². The quantitative estimate of drug-likeness (QED) is 0.560. The van der Waals surface area contributed by atoms with Gasteiger partial charge < -0.3 is 0 Å². The zero-order chi connectivity index (χ0) is 12.3. The molecule has 84 valence electrons. The van der Waals surface area contributed by atoms with Gasteiger partial charge in [-0.2, -0.15) is 4.99 Å². The molecule has 2 aromatic rings. The third kappa shape index (κ3) is 2.32. The van der Waals surface area contributed by atoms with E-state index in [1.807, 2.05) is 56.3 Å². The van der Waals surface area contributed by atoms with Crippen molar-refractivity contribution in [2.24, 2.45) is 4.99 Å². The van der Waals surface area contributed by atoms with Crippen LogP contribution in [-0.4, -0.2) is 6.08 Å². The summed E-state index contributed by atoms with van der Waals surface area (Å²) in [6.45, 7) is 3.99. The van der Waals surface area contributed by atoms with E-state index in [4.69, 9.17) is 0 Å². The molecule has 0 heterocycles. The SMILES string of the molecule is Cc1cc(C)c(N=C=O)c(-c2ccccc2)c1. The summed E-state index contributed by atoms with van der Waals surface area (Å²) in [5.74, 6) is 0. The molecule has 0 fully saturated rings. The number of carbonyl (C=O) groups excluding carboxylic acids is 1. The average molecular weight is 223 g/mol. The molecule has 0 atom stereocenters. The second kappa shape index (κ2) is 4.77. The van der Waals surface area contributed by atoms with Crippen molar-refractivity contribution >= 4 is 11.8 Å². The van der Waals surface area contributed by atoms with Gasteiger partial charge in [0.25, 0.3) is 0 Å². The van der Waals surface area contributed by atoms with E-state index in [2.05, 4.69) is 4.99 Å². The standard InChI is InChI=1S/C15H13NO/c1-11-8-12(2)15(16-10-17)14(9-11)13-6-4-3-5-7-13/h3-9H,1-2H3. The largest absolute Gasteiger partial charge is 0.240 e. The van der Waals surface area contributed by atoms with E-state index < -0.39 is 0 Å². The lowest BCUT2D eigenvalue weighted by molar-refractivity contribution is 0.565. The Morgan fingerprint density at radius 2 is 1.76 bits per heavy atom. The first-order valence-corrected chi connectivity index (χ1v) is 5.47. The summed E-state index contributed by atoms with van der Waals surface area (Å²) < 4.78 is 0. The maximum absolute atomic E-state index is 10.5. The molecule has 0 saturated carbocycles. The summed E-state index contributed by atoms with van der Waals surface area (Å²) >= 11 is 0. The third-order valence-electron chi connectivity index (χ3n) is 2.69. The first-order chi connectivity index (χ1) is 8.22. The lowest BCUT2D eigenvalue weighted by Gasteiger charge is -2.09. The maximum Gasteiger partial charge on any atom is 0.240 e. The van der Waals surface area contributed by atoms with Gasteiger partial charge in [0.05, 0.1) is 5.69 Å². The van der Waals surface area contributed by atoms with Crippen molar-refractivity contribution in [3.63, 3.8) is 0 Å². The van der Waals surface area contributed by atoms with Crippen LogP contribution in [0.3, 0.4) is 0 Å². The van der Waals surface area contributed by atoms with E-state index in [-0.39, 0.29) is 0 Å². The Morgan fingerprint density at radius 1 is 1.06 bits per heavy atom. The second-order valence-corrected chi connectivity index (χ2v) is 4.05. The number of hydrogen-bond acceptors (Lipinski definition) is 2. The Balaban J connectivity index is 2.71. The summed E-state index contributed by atoms with van der Waals surface area (Å²) in [7, 11) is 0. The molecule has 2 heteroatoms. The highest BCUT2D eigenvalue weighted by Crippen LogP contribution is 2.33. The van der Waals surface area contributed by atoms with Crippen LogP contribution in [0, 0.1) is 13.8 Å². The Hall–Kier alpha value is -2.18. The molecule has 0 saturated heterocycles. The molecule has 0 amide bonds. The number of isocyanates is 1. The molecule has 0 aliphatic heterocycles. The minimum atomic E-state index is 0.705. The Kier molecular flexibility index (Phi) is 3.17. The number of nitrogens with zero attached hydrogens (tertiary/aromatic N) is 1.